The maximum Gasteiger partial charge on any atom is 0.121 e. The van der Waals surface area contributed by atoms with Crippen LogP contribution in [0.25, 0.3) is 22.1 Å². The quantitative estimate of drug-likeness (QED) is 0.377. The first-order valence-corrected chi connectivity index (χ1v) is 6.45. The van der Waals surface area contributed by atoms with Gasteiger partial charge in [-0.15, -0.1) is 0 Å². The van der Waals surface area contributed by atoms with E-state index in [-0.39, 0.29) is 0 Å². The summed E-state index contributed by atoms with van der Waals surface area (Å²) in [6.07, 6.45) is -0.612. The summed E-state index contributed by atoms with van der Waals surface area (Å²) in [5.41, 5.74) is 11.6. The second-order valence-electron chi connectivity index (χ2n) is 4.94. The molecular formula is C15H16N4O. The van der Waals surface area contributed by atoms with E-state index in [1.54, 1.807) is 6.92 Å². The normalized spacial score (nSPS) is 12.8. The van der Waals surface area contributed by atoms with Crippen LogP contribution in [-0.4, -0.2) is 21.3 Å². The van der Waals surface area contributed by atoms with Gasteiger partial charge in [-0.2, -0.15) is 0 Å². The molecule has 0 spiro atoms. The van der Waals surface area contributed by atoms with Crippen LogP contribution in [0.4, 0.5) is 11.4 Å². The molecule has 0 aliphatic heterocycles. The Hall–Kier alpha value is -2.40. The average molecular weight is 268 g/mol. The van der Waals surface area contributed by atoms with Crippen molar-refractivity contribution in [3.05, 3.63) is 35.9 Å². The first-order valence-electron chi connectivity index (χ1n) is 6.45. The number of nitrogen functional groups attached to an aromatic ring is 1. The molecule has 3 aromatic rings. The summed E-state index contributed by atoms with van der Waals surface area (Å²) < 4.78 is 0. The molecule has 0 amide bonds. The first-order chi connectivity index (χ1) is 9.52. The third-order valence-corrected chi connectivity index (χ3v) is 3.20. The minimum absolute atomic E-state index is 0.612. The summed E-state index contributed by atoms with van der Waals surface area (Å²) in [6, 6.07) is 9.41. The number of fused-ring (bicyclic) bond motifs is 2. The van der Waals surface area contributed by atoms with Gasteiger partial charge in [-0.25, -0.2) is 9.97 Å². The van der Waals surface area contributed by atoms with Crippen LogP contribution in [0.15, 0.2) is 30.3 Å². The number of aromatic nitrogens is 2. The summed E-state index contributed by atoms with van der Waals surface area (Å²) >= 11 is 0. The highest BCUT2D eigenvalue weighted by Gasteiger charge is 2.05. The molecule has 0 aliphatic carbocycles. The number of anilines is 2. The monoisotopic (exact) mass is 268 g/mol. The smallest absolute Gasteiger partial charge is 0.121 e. The van der Waals surface area contributed by atoms with Crippen LogP contribution in [0.5, 0.6) is 0 Å². The molecule has 20 heavy (non-hydrogen) atoms. The average Bonchev–Trinajstić information content (AvgIpc) is 2.37. The van der Waals surface area contributed by atoms with Gasteiger partial charge >= 0.3 is 0 Å². The van der Waals surface area contributed by atoms with Crippen LogP contribution in [0.2, 0.25) is 0 Å². The summed E-state index contributed by atoms with van der Waals surface area (Å²) in [6.45, 7) is 3.62. The molecule has 4 N–H and O–H groups in total. The third-order valence-electron chi connectivity index (χ3n) is 3.20. The van der Waals surface area contributed by atoms with Crippen molar-refractivity contribution in [3.63, 3.8) is 0 Å². The SMILES string of the molecule is Cc1cc2nc3ccc(NC(C)O)cc3nc2cc1N. The lowest BCUT2D eigenvalue weighted by molar-refractivity contribution is 0.224. The topological polar surface area (TPSA) is 84.1 Å². The Labute approximate surface area is 116 Å². The molecule has 1 atom stereocenters. The number of hydrogen-bond donors (Lipinski definition) is 3. The second kappa shape index (κ2) is 4.61. The molecule has 0 fully saturated rings. The molecule has 0 aliphatic rings. The highest BCUT2D eigenvalue weighted by molar-refractivity contribution is 5.89. The zero-order valence-corrected chi connectivity index (χ0v) is 11.4. The molecule has 1 unspecified atom stereocenters. The number of aryl methyl sites for hydroxylation is 1. The van der Waals surface area contributed by atoms with Crippen molar-refractivity contribution in [2.45, 2.75) is 20.1 Å². The zero-order valence-electron chi connectivity index (χ0n) is 11.4. The Morgan fingerprint density at radius 1 is 1.05 bits per heavy atom. The lowest BCUT2D eigenvalue weighted by Gasteiger charge is -2.10. The van der Waals surface area contributed by atoms with Crippen LogP contribution in [0, 0.1) is 6.92 Å². The van der Waals surface area contributed by atoms with Gasteiger partial charge in [0.2, 0.25) is 0 Å². The van der Waals surface area contributed by atoms with E-state index in [1.165, 1.54) is 0 Å². The van der Waals surface area contributed by atoms with Crippen molar-refractivity contribution < 1.29 is 5.11 Å². The van der Waals surface area contributed by atoms with Crippen molar-refractivity contribution in [1.29, 1.82) is 0 Å². The minimum atomic E-state index is -0.612. The molecular weight excluding hydrogens is 252 g/mol. The van der Waals surface area contributed by atoms with Crippen LogP contribution in [0.1, 0.15) is 12.5 Å². The molecule has 5 nitrogen and oxygen atoms in total. The third kappa shape index (κ3) is 2.23. The summed E-state index contributed by atoms with van der Waals surface area (Å²) in [7, 11) is 0. The Morgan fingerprint density at radius 3 is 2.45 bits per heavy atom. The van der Waals surface area contributed by atoms with E-state index in [1.807, 2.05) is 37.3 Å². The maximum absolute atomic E-state index is 9.35. The Balaban J connectivity index is 2.20. The molecule has 0 radical (unpaired) electrons. The fourth-order valence-corrected chi connectivity index (χ4v) is 2.17. The molecule has 2 aromatic carbocycles. The van der Waals surface area contributed by atoms with E-state index in [9.17, 15) is 5.11 Å². The summed E-state index contributed by atoms with van der Waals surface area (Å²) in [5.74, 6) is 0. The van der Waals surface area contributed by atoms with E-state index in [0.717, 1.165) is 33.3 Å². The Kier molecular flexibility index (Phi) is 2.91. The van der Waals surface area contributed by atoms with Crippen LogP contribution >= 0.6 is 0 Å². The van der Waals surface area contributed by atoms with E-state index >= 15 is 0 Å². The lowest BCUT2D eigenvalue weighted by atomic mass is 10.1. The van der Waals surface area contributed by atoms with Crippen molar-refractivity contribution >= 4 is 33.4 Å². The molecule has 0 bridgehead atoms. The van der Waals surface area contributed by atoms with E-state index in [0.29, 0.717) is 5.69 Å². The number of nitrogens with one attached hydrogen (secondary N) is 1. The second-order valence-corrected chi connectivity index (χ2v) is 4.94. The van der Waals surface area contributed by atoms with Gasteiger partial charge in [0.05, 0.1) is 22.1 Å². The van der Waals surface area contributed by atoms with Gasteiger partial charge in [-0.1, -0.05) is 0 Å². The fraction of sp³-hybridized carbons (Fsp3) is 0.200. The van der Waals surface area contributed by atoms with Crippen LogP contribution in [0.3, 0.4) is 0 Å². The predicted molar refractivity (Wildman–Crippen MR) is 81.5 cm³/mol. The molecule has 102 valence electrons. The van der Waals surface area contributed by atoms with Gasteiger partial charge in [-0.3, -0.25) is 0 Å². The number of aliphatic hydroxyl groups is 1. The Morgan fingerprint density at radius 2 is 1.70 bits per heavy atom. The number of nitrogens with two attached hydrogens (primary N) is 1. The number of nitrogens with zero attached hydrogens (tertiary/aromatic N) is 2. The molecule has 1 aromatic heterocycles. The van der Waals surface area contributed by atoms with Crippen molar-refractivity contribution in [3.8, 4) is 0 Å². The predicted octanol–water partition coefficient (Wildman–Crippen LogP) is 2.42. The van der Waals surface area contributed by atoms with Crippen molar-refractivity contribution in [2.75, 3.05) is 11.1 Å². The largest absolute Gasteiger partial charge is 0.398 e. The van der Waals surface area contributed by atoms with E-state index < -0.39 is 6.23 Å². The van der Waals surface area contributed by atoms with Gasteiger partial charge < -0.3 is 16.2 Å². The first kappa shape index (κ1) is 12.6. The standard InChI is InChI=1S/C15H16N4O/c1-8-5-13-15(7-11(8)16)19-14-6-10(17-9(2)20)3-4-12(14)18-13/h3-7,9,17,20H,16H2,1-2H3. The number of benzene rings is 2. The summed E-state index contributed by atoms with van der Waals surface area (Å²) in [4.78, 5) is 9.18. The molecule has 0 saturated carbocycles. The van der Waals surface area contributed by atoms with E-state index in [2.05, 4.69) is 15.3 Å². The number of hydrogen-bond acceptors (Lipinski definition) is 5. The van der Waals surface area contributed by atoms with Crippen molar-refractivity contribution in [1.82, 2.24) is 9.97 Å². The Bertz CT molecular complexity index is 799. The van der Waals surface area contributed by atoms with Gasteiger partial charge in [0, 0.05) is 11.4 Å². The van der Waals surface area contributed by atoms with Gasteiger partial charge in [0.1, 0.15) is 6.23 Å². The lowest BCUT2D eigenvalue weighted by Crippen LogP contribution is -2.13. The maximum atomic E-state index is 9.35. The zero-order chi connectivity index (χ0) is 14.3. The highest BCUT2D eigenvalue weighted by atomic mass is 16.3. The van der Waals surface area contributed by atoms with E-state index in [4.69, 9.17) is 5.73 Å². The molecule has 0 saturated heterocycles. The number of rotatable bonds is 2. The van der Waals surface area contributed by atoms with Gasteiger partial charge in [0.25, 0.3) is 0 Å². The number of aliphatic hydroxyl groups excluding tert-OH is 1. The summed E-state index contributed by atoms with van der Waals surface area (Å²) in [5, 5.41) is 12.3. The molecule has 5 heteroatoms. The highest BCUT2D eigenvalue weighted by Crippen LogP contribution is 2.23. The molecule has 1 heterocycles. The van der Waals surface area contributed by atoms with Crippen LogP contribution < -0.4 is 11.1 Å². The fourth-order valence-electron chi connectivity index (χ4n) is 2.17. The van der Waals surface area contributed by atoms with Gasteiger partial charge in [-0.05, 0) is 49.7 Å². The minimum Gasteiger partial charge on any atom is -0.398 e. The van der Waals surface area contributed by atoms with Crippen LogP contribution in [-0.2, 0) is 0 Å². The molecule has 3 rings (SSSR count). The van der Waals surface area contributed by atoms with Crippen molar-refractivity contribution in [2.24, 2.45) is 0 Å². The van der Waals surface area contributed by atoms with Gasteiger partial charge in [0.15, 0.2) is 0 Å².